The van der Waals surface area contributed by atoms with E-state index < -0.39 is 32.5 Å². The third-order valence-corrected chi connectivity index (χ3v) is 5.42. The summed E-state index contributed by atoms with van der Waals surface area (Å²) in [6, 6.07) is 8.40. The number of benzene rings is 2. The molecule has 2 rings (SSSR count). The van der Waals surface area contributed by atoms with Crippen LogP contribution in [0.4, 0.5) is 15.8 Å². The lowest BCUT2D eigenvalue weighted by Gasteiger charge is -2.28. The Kier molecular flexibility index (Phi) is 4.88. The van der Waals surface area contributed by atoms with Gasteiger partial charge < -0.3 is 0 Å². The Labute approximate surface area is 139 Å². The summed E-state index contributed by atoms with van der Waals surface area (Å²) in [6.45, 7) is 5.01. The van der Waals surface area contributed by atoms with Crippen molar-refractivity contribution >= 4 is 21.4 Å². The average Bonchev–Trinajstić information content (AvgIpc) is 2.48. The fraction of sp³-hybridized carbons (Fsp3) is 0.250. The van der Waals surface area contributed by atoms with Crippen molar-refractivity contribution in [1.82, 2.24) is 0 Å². The van der Waals surface area contributed by atoms with E-state index in [4.69, 9.17) is 0 Å². The van der Waals surface area contributed by atoms with Crippen molar-refractivity contribution in [2.75, 3.05) is 4.31 Å². The molecule has 0 spiro atoms. The fourth-order valence-electron chi connectivity index (χ4n) is 2.34. The van der Waals surface area contributed by atoms with Gasteiger partial charge in [-0.1, -0.05) is 17.7 Å². The first kappa shape index (κ1) is 17.9. The molecule has 0 heterocycles. The topological polar surface area (TPSA) is 80.5 Å². The highest BCUT2D eigenvalue weighted by molar-refractivity contribution is 7.92. The van der Waals surface area contributed by atoms with Crippen LogP contribution in [0.1, 0.15) is 19.4 Å². The largest absolute Gasteiger partial charge is 0.296 e. The molecule has 128 valence electrons. The molecule has 0 N–H and O–H groups in total. The van der Waals surface area contributed by atoms with Gasteiger partial charge in [-0.25, -0.2) is 12.8 Å². The van der Waals surface area contributed by atoms with Crippen molar-refractivity contribution in [1.29, 1.82) is 0 Å². The number of nitro groups is 1. The predicted octanol–water partition coefficient (Wildman–Crippen LogP) is 3.65. The van der Waals surface area contributed by atoms with Crippen LogP contribution in [0.25, 0.3) is 0 Å². The van der Waals surface area contributed by atoms with Gasteiger partial charge in [-0.2, -0.15) is 0 Å². The standard InChI is InChI=1S/C16H17FN2O4S/c1-11(2)18(15-9-6-13(17)10-16(15)19(20)21)24(22,23)14-7-4-12(3)5-8-14/h4-11H,1-3H3. The Morgan fingerprint density at radius 2 is 1.71 bits per heavy atom. The monoisotopic (exact) mass is 352 g/mol. The number of hydrogen-bond donors (Lipinski definition) is 0. The SMILES string of the molecule is Cc1ccc(S(=O)(=O)N(c2ccc(F)cc2[N+](=O)[O-])C(C)C)cc1. The maximum absolute atomic E-state index is 13.4. The van der Waals surface area contributed by atoms with E-state index in [2.05, 4.69) is 0 Å². The second-order valence-electron chi connectivity index (χ2n) is 5.60. The first-order chi connectivity index (χ1) is 11.1. The Balaban J connectivity index is 2.67. The predicted molar refractivity (Wildman–Crippen MR) is 89.0 cm³/mol. The molecule has 8 heteroatoms. The Bertz CT molecular complexity index is 864. The highest BCUT2D eigenvalue weighted by Gasteiger charge is 2.32. The smallest absolute Gasteiger partial charge is 0.258 e. The zero-order valence-corrected chi connectivity index (χ0v) is 14.2. The average molecular weight is 352 g/mol. The molecular weight excluding hydrogens is 335 g/mol. The summed E-state index contributed by atoms with van der Waals surface area (Å²) in [5.41, 5.74) is 0.120. The van der Waals surface area contributed by atoms with Gasteiger partial charge in [-0.3, -0.25) is 14.4 Å². The molecule has 0 bridgehead atoms. The maximum Gasteiger partial charge on any atom is 0.296 e. The van der Waals surface area contributed by atoms with Crippen molar-refractivity contribution in [2.45, 2.75) is 31.7 Å². The van der Waals surface area contributed by atoms with Gasteiger partial charge in [-0.15, -0.1) is 0 Å². The van der Waals surface area contributed by atoms with E-state index in [0.29, 0.717) is 0 Å². The lowest BCUT2D eigenvalue weighted by molar-refractivity contribution is -0.384. The van der Waals surface area contributed by atoms with Crippen LogP contribution in [-0.4, -0.2) is 19.4 Å². The van der Waals surface area contributed by atoms with Gasteiger partial charge in [0.2, 0.25) is 0 Å². The zero-order valence-electron chi connectivity index (χ0n) is 13.4. The van der Waals surface area contributed by atoms with Gasteiger partial charge in [0.15, 0.2) is 0 Å². The number of nitro benzene ring substituents is 1. The van der Waals surface area contributed by atoms with Crippen LogP contribution < -0.4 is 4.31 Å². The van der Waals surface area contributed by atoms with E-state index in [0.717, 1.165) is 28.1 Å². The first-order valence-corrected chi connectivity index (χ1v) is 8.63. The molecule has 0 saturated carbocycles. The molecule has 0 radical (unpaired) electrons. The molecule has 0 unspecified atom stereocenters. The summed E-state index contributed by atoms with van der Waals surface area (Å²) in [5, 5.41) is 11.2. The van der Waals surface area contributed by atoms with Gasteiger partial charge in [0.05, 0.1) is 15.9 Å². The Morgan fingerprint density at radius 1 is 1.12 bits per heavy atom. The van der Waals surface area contributed by atoms with Crippen LogP contribution in [0.2, 0.25) is 0 Å². The van der Waals surface area contributed by atoms with Crippen LogP contribution in [0, 0.1) is 22.9 Å². The molecule has 0 atom stereocenters. The molecule has 2 aromatic rings. The molecule has 0 aliphatic heterocycles. The second kappa shape index (κ2) is 6.56. The first-order valence-electron chi connectivity index (χ1n) is 7.19. The van der Waals surface area contributed by atoms with Gasteiger partial charge in [0, 0.05) is 6.04 Å². The number of nitrogens with zero attached hydrogens (tertiary/aromatic N) is 2. The van der Waals surface area contributed by atoms with E-state index in [1.165, 1.54) is 12.1 Å². The lowest BCUT2D eigenvalue weighted by Crippen LogP contribution is -2.37. The minimum absolute atomic E-state index is 0.0143. The van der Waals surface area contributed by atoms with E-state index in [9.17, 15) is 22.9 Å². The van der Waals surface area contributed by atoms with E-state index >= 15 is 0 Å². The minimum Gasteiger partial charge on any atom is -0.258 e. The molecule has 0 aliphatic carbocycles. The number of halogens is 1. The van der Waals surface area contributed by atoms with Crippen molar-refractivity contribution in [3.63, 3.8) is 0 Å². The van der Waals surface area contributed by atoms with Crippen LogP contribution in [0.15, 0.2) is 47.4 Å². The quantitative estimate of drug-likeness (QED) is 0.608. The number of sulfonamides is 1. The summed E-state index contributed by atoms with van der Waals surface area (Å²) in [4.78, 5) is 10.4. The molecule has 0 fully saturated rings. The summed E-state index contributed by atoms with van der Waals surface area (Å²) in [7, 11) is -4.03. The second-order valence-corrected chi connectivity index (χ2v) is 7.41. The number of aryl methyl sites for hydroxylation is 1. The maximum atomic E-state index is 13.4. The third kappa shape index (κ3) is 3.38. The molecule has 24 heavy (non-hydrogen) atoms. The number of anilines is 1. The normalized spacial score (nSPS) is 11.5. The molecule has 2 aromatic carbocycles. The number of rotatable bonds is 5. The lowest BCUT2D eigenvalue weighted by atomic mass is 10.2. The van der Waals surface area contributed by atoms with Crippen molar-refractivity contribution in [3.05, 3.63) is 64.0 Å². The fourth-order valence-corrected chi connectivity index (χ4v) is 4.01. The van der Waals surface area contributed by atoms with Crippen LogP contribution in [-0.2, 0) is 10.0 Å². The van der Waals surface area contributed by atoms with Gasteiger partial charge in [0.1, 0.15) is 11.5 Å². The van der Waals surface area contributed by atoms with E-state index in [1.807, 2.05) is 6.92 Å². The van der Waals surface area contributed by atoms with Crippen LogP contribution >= 0.6 is 0 Å². The molecule has 0 amide bonds. The summed E-state index contributed by atoms with van der Waals surface area (Å²) in [5.74, 6) is -0.804. The van der Waals surface area contributed by atoms with E-state index in [1.54, 1.807) is 26.0 Å². The zero-order chi connectivity index (χ0) is 18.1. The highest BCUT2D eigenvalue weighted by Crippen LogP contribution is 2.34. The molecule has 0 aromatic heterocycles. The van der Waals surface area contributed by atoms with Gasteiger partial charge in [-0.05, 0) is 45.0 Å². The number of hydrogen-bond acceptors (Lipinski definition) is 4. The molecule has 6 nitrogen and oxygen atoms in total. The van der Waals surface area contributed by atoms with E-state index in [-0.39, 0.29) is 10.6 Å². The Hall–Kier alpha value is -2.48. The highest BCUT2D eigenvalue weighted by atomic mass is 32.2. The van der Waals surface area contributed by atoms with Crippen molar-refractivity contribution in [3.8, 4) is 0 Å². The van der Waals surface area contributed by atoms with Crippen molar-refractivity contribution < 1.29 is 17.7 Å². The van der Waals surface area contributed by atoms with Gasteiger partial charge >= 0.3 is 0 Å². The Morgan fingerprint density at radius 3 is 2.21 bits per heavy atom. The van der Waals surface area contributed by atoms with Crippen LogP contribution in [0.5, 0.6) is 0 Å². The minimum atomic E-state index is -4.03. The summed E-state index contributed by atoms with van der Waals surface area (Å²) in [6.07, 6.45) is 0. The molecule has 0 saturated heterocycles. The molecular formula is C16H17FN2O4S. The van der Waals surface area contributed by atoms with Gasteiger partial charge in [0.25, 0.3) is 15.7 Å². The van der Waals surface area contributed by atoms with Crippen LogP contribution in [0.3, 0.4) is 0 Å². The third-order valence-electron chi connectivity index (χ3n) is 3.42. The molecule has 0 aliphatic rings. The summed E-state index contributed by atoms with van der Waals surface area (Å²) < 4.78 is 40.2. The summed E-state index contributed by atoms with van der Waals surface area (Å²) >= 11 is 0. The van der Waals surface area contributed by atoms with Crippen molar-refractivity contribution in [2.24, 2.45) is 0 Å².